The summed E-state index contributed by atoms with van der Waals surface area (Å²) < 4.78 is 0. The van der Waals surface area contributed by atoms with Crippen molar-refractivity contribution >= 4 is 11.8 Å². The molecule has 0 saturated carbocycles. The number of carbonyl (C=O) groups is 2. The highest BCUT2D eigenvalue weighted by molar-refractivity contribution is 5.83. The Kier molecular flexibility index (Phi) is 5.86. The number of hydrogen-bond acceptors (Lipinski definition) is 3. The van der Waals surface area contributed by atoms with Gasteiger partial charge < -0.3 is 10.2 Å². The lowest BCUT2D eigenvalue weighted by Crippen LogP contribution is -2.39. The molecule has 0 bridgehead atoms. The van der Waals surface area contributed by atoms with Crippen molar-refractivity contribution in [2.45, 2.75) is 26.9 Å². The molecular formula is C18H21N3O2. The van der Waals surface area contributed by atoms with Crippen LogP contribution in [0.1, 0.15) is 23.6 Å². The number of amides is 2. The average Bonchev–Trinajstić information content (AvgIpc) is 2.54. The third-order valence-corrected chi connectivity index (χ3v) is 3.61. The number of pyridine rings is 1. The van der Waals surface area contributed by atoms with Crippen molar-refractivity contribution in [1.29, 1.82) is 0 Å². The van der Waals surface area contributed by atoms with Gasteiger partial charge in [-0.1, -0.05) is 30.3 Å². The zero-order valence-electron chi connectivity index (χ0n) is 13.5. The molecule has 1 aromatic carbocycles. The summed E-state index contributed by atoms with van der Waals surface area (Å²) in [5, 5.41) is 2.86. The Balaban J connectivity index is 1.91. The molecule has 0 radical (unpaired) electrons. The van der Waals surface area contributed by atoms with Crippen LogP contribution in [0.3, 0.4) is 0 Å². The monoisotopic (exact) mass is 311 g/mol. The van der Waals surface area contributed by atoms with Gasteiger partial charge in [-0.3, -0.25) is 14.6 Å². The number of aryl methyl sites for hydroxylation is 1. The molecule has 0 spiro atoms. The molecule has 0 aliphatic carbocycles. The van der Waals surface area contributed by atoms with E-state index in [1.807, 2.05) is 43.3 Å². The molecule has 5 nitrogen and oxygen atoms in total. The molecule has 1 heterocycles. The summed E-state index contributed by atoms with van der Waals surface area (Å²) >= 11 is 0. The van der Waals surface area contributed by atoms with Gasteiger partial charge in [-0.25, -0.2) is 0 Å². The van der Waals surface area contributed by atoms with E-state index in [4.69, 9.17) is 0 Å². The number of hydrogen-bond donors (Lipinski definition) is 1. The summed E-state index contributed by atoms with van der Waals surface area (Å²) in [6.45, 7) is 4.35. The van der Waals surface area contributed by atoms with Gasteiger partial charge in [0.2, 0.25) is 11.8 Å². The van der Waals surface area contributed by atoms with E-state index in [-0.39, 0.29) is 18.4 Å². The standard InChI is InChI=1S/C18H21N3O2/c1-14-6-3-4-8-17(14)11-20-18(23)13-21(15(2)22)12-16-7-5-9-19-10-16/h3-10H,11-13H2,1-2H3,(H,20,23). The Labute approximate surface area is 136 Å². The summed E-state index contributed by atoms with van der Waals surface area (Å²) in [4.78, 5) is 29.4. The van der Waals surface area contributed by atoms with Crippen LogP contribution in [0.5, 0.6) is 0 Å². The smallest absolute Gasteiger partial charge is 0.239 e. The van der Waals surface area contributed by atoms with Gasteiger partial charge in [-0.2, -0.15) is 0 Å². The molecule has 2 amide bonds. The Hall–Kier alpha value is -2.69. The lowest BCUT2D eigenvalue weighted by molar-refractivity contribution is -0.135. The van der Waals surface area contributed by atoms with Crippen LogP contribution < -0.4 is 5.32 Å². The van der Waals surface area contributed by atoms with Gasteiger partial charge in [0.25, 0.3) is 0 Å². The number of aromatic nitrogens is 1. The maximum atomic E-state index is 12.1. The fraction of sp³-hybridized carbons (Fsp3) is 0.278. The van der Waals surface area contributed by atoms with E-state index >= 15 is 0 Å². The molecule has 2 rings (SSSR count). The number of benzene rings is 1. The van der Waals surface area contributed by atoms with Crippen LogP contribution in [0.15, 0.2) is 48.8 Å². The van der Waals surface area contributed by atoms with Crippen LogP contribution in [0.25, 0.3) is 0 Å². The van der Waals surface area contributed by atoms with Crippen LogP contribution in [0.4, 0.5) is 0 Å². The lowest BCUT2D eigenvalue weighted by Gasteiger charge is -2.20. The van der Waals surface area contributed by atoms with Crippen molar-refractivity contribution in [3.05, 3.63) is 65.5 Å². The maximum Gasteiger partial charge on any atom is 0.239 e. The normalized spacial score (nSPS) is 10.2. The summed E-state index contributed by atoms with van der Waals surface area (Å²) in [6.07, 6.45) is 3.37. The predicted molar refractivity (Wildman–Crippen MR) is 88.4 cm³/mol. The fourth-order valence-electron chi connectivity index (χ4n) is 2.22. The van der Waals surface area contributed by atoms with E-state index in [0.29, 0.717) is 13.1 Å². The van der Waals surface area contributed by atoms with E-state index < -0.39 is 0 Å². The number of nitrogens with one attached hydrogen (secondary N) is 1. The molecule has 0 fully saturated rings. The minimum atomic E-state index is -0.174. The molecule has 0 saturated heterocycles. The van der Waals surface area contributed by atoms with Crippen molar-refractivity contribution in [3.8, 4) is 0 Å². The van der Waals surface area contributed by atoms with Gasteiger partial charge >= 0.3 is 0 Å². The largest absolute Gasteiger partial charge is 0.350 e. The first kappa shape index (κ1) is 16.7. The van der Waals surface area contributed by atoms with Gasteiger partial charge in [0.05, 0.1) is 6.54 Å². The minimum absolute atomic E-state index is 0.0378. The second-order valence-electron chi connectivity index (χ2n) is 5.44. The van der Waals surface area contributed by atoms with Gasteiger partial charge in [0, 0.05) is 32.4 Å². The van der Waals surface area contributed by atoms with Crippen LogP contribution in [-0.2, 0) is 22.7 Å². The Morgan fingerprint density at radius 2 is 1.96 bits per heavy atom. The fourth-order valence-corrected chi connectivity index (χ4v) is 2.22. The molecule has 0 aliphatic heterocycles. The molecule has 120 valence electrons. The minimum Gasteiger partial charge on any atom is -0.350 e. The maximum absolute atomic E-state index is 12.1. The summed E-state index contributed by atoms with van der Waals surface area (Å²) in [5.74, 6) is -0.313. The molecular weight excluding hydrogens is 290 g/mol. The van der Waals surface area contributed by atoms with Gasteiger partial charge in [-0.15, -0.1) is 0 Å². The van der Waals surface area contributed by atoms with E-state index in [0.717, 1.165) is 16.7 Å². The molecule has 0 unspecified atom stereocenters. The zero-order valence-corrected chi connectivity index (χ0v) is 13.5. The van der Waals surface area contributed by atoms with Crippen LogP contribution in [-0.4, -0.2) is 28.2 Å². The van der Waals surface area contributed by atoms with Gasteiger partial charge in [0.1, 0.15) is 0 Å². The van der Waals surface area contributed by atoms with Crippen molar-refractivity contribution in [3.63, 3.8) is 0 Å². The first-order valence-electron chi connectivity index (χ1n) is 7.52. The van der Waals surface area contributed by atoms with Crippen molar-refractivity contribution in [2.24, 2.45) is 0 Å². The summed E-state index contributed by atoms with van der Waals surface area (Å²) in [6, 6.07) is 11.6. The quantitative estimate of drug-likeness (QED) is 0.888. The number of carbonyl (C=O) groups excluding carboxylic acids is 2. The topological polar surface area (TPSA) is 62.3 Å². The van der Waals surface area contributed by atoms with Crippen molar-refractivity contribution < 1.29 is 9.59 Å². The lowest BCUT2D eigenvalue weighted by atomic mass is 10.1. The highest BCUT2D eigenvalue weighted by Gasteiger charge is 2.14. The Bertz CT molecular complexity index is 671. The third kappa shape index (κ3) is 5.21. The van der Waals surface area contributed by atoms with Gasteiger partial charge in [-0.05, 0) is 29.7 Å². The molecule has 5 heteroatoms. The molecule has 1 N–H and O–H groups in total. The molecule has 2 aromatic rings. The molecule has 23 heavy (non-hydrogen) atoms. The van der Waals surface area contributed by atoms with E-state index in [2.05, 4.69) is 10.3 Å². The third-order valence-electron chi connectivity index (χ3n) is 3.61. The highest BCUT2D eigenvalue weighted by atomic mass is 16.2. The van der Waals surface area contributed by atoms with E-state index in [9.17, 15) is 9.59 Å². The molecule has 0 aliphatic rings. The summed E-state index contributed by atoms with van der Waals surface area (Å²) in [5.41, 5.74) is 3.10. The average molecular weight is 311 g/mol. The van der Waals surface area contributed by atoms with E-state index in [1.165, 1.54) is 11.8 Å². The number of nitrogens with zero attached hydrogens (tertiary/aromatic N) is 2. The first-order valence-corrected chi connectivity index (χ1v) is 7.52. The molecule has 0 atom stereocenters. The van der Waals surface area contributed by atoms with Crippen molar-refractivity contribution in [2.75, 3.05) is 6.54 Å². The first-order chi connectivity index (χ1) is 11.1. The molecule has 1 aromatic heterocycles. The zero-order chi connectivity index (χ0) is 16.7. The van der Waals surface area contributed by atoms with Crippen LogP contribution in [0, 0.1) is 6.92 Å². The van der Waals surface area contributed by atoms with Crippen LogP contribution >= 0.6 is 0 Å². The SMILES string of the molecule is CC(=O)N(CC(=O)NCc1ccccc1C)Cc1cccnc1. The van der Waals surface area contributed by atoms with Crippen molar-refractivity contribution in [1.82, 2.24) is 15.2 Å². The summed E-state index contributed by atoms with van der Waals surface area (Å²) in [7, 11) is 0. The van der Waals surface area contributed by atoms with Gasteiger partial charge in [0.15, 0.2) is 0 Å². The predicted octanol–water partition coefficient (Wildman–Crippen LogP) is 2.05. The second-order valence-corrected chi connectivity index (χ2v) is 5.44. The second kappa shape index (κ2) is 8.08. The Morgan fingerprint density at radius 3 is 2.61 bits per heavy atom. The Morgan fingerprint density at radius 1 is 1.17 bits per heavy atom. The van der Waals surface area contributed by atoms with E-state index in [1.54, 1.807) is 12.4 Å². The highest BCUT2D eigenvalue weighted by Crippen LogP contribution is 2.06. The van der Waals surface area contributed by atoms with Crippen LogP contribution in [0.2, 0.25) is 0 Å². The number of rotatable bonds is 6.